The summed E-state index contributed by atoms with van der Waals surface area (Å²) >= 11 is 4.81. The van der Waals surface area contributed by atoms with Crippen LogP contribution in [0.1, 0.15) is 11.1 Å². The van der Waals surface area contributed by atoms with E-state index >= 15 is 0 Å². The largest absolute Gasteiger partial charge is 0.574 e. The number of carboxylic acid groups (broad SMARTS) is 1. The Morgan fingerprint density at radius 3 is 2.61 bits per heavy atom. The number of rotatable bonds is 4. The van der Waals surface area contributed by atoms with Crippen molar-refractivity contribution in [2.75, 3.05) is 0 Å². The van der Waals surface area contributed by atoms with Gasteiger partial charge < -0.3 is 9.84 Å². The Morgan fingerprint density at radius 1 is 1.56 bits per heavy atom. The number of pyridine rings is 1. The summed E-state index contributed by atoms with van der Waals surface area (Å²) in [5.74, 6) is -1.97. The Hall–Kier alpha value is -0.580. The molecule has 1 rings (SSSR count). The fraction of sp³-hybridized carbons (Fsp3) is 0.333. The summed E-state index contributed by atoms with van der Waals surface area (Å²) < 4.78 is 40.7. The van der Waals surface area contributed by atoms with E-state index in [2.05, 4.69) is 25.7 Å². The quantitative estimate of drug-likeness (QED) is 0.445. The third kappa shape index (κ3) is 4.59. The van der Waals surface area contributed by atoms with Crippen molar-refractivity contribution >= 4 is 44.5 Å². The lowest BCUT2D eigenvalue weighted by Crippen LogP contribution is -2.20. The van der Waals surface area contributed by atoms with Gasteiger partial charge in [0, 0.05) is 10.9 Å². The van der Waals surface area contributed by atoms with Crippen molar-refractivity contribution < 1.29 is 27.8 Å². The number of ether oxygens (including phenoxy) is 1. The van der Waals surface area contributed by atoms with Gasteiger partial charge in [0.15, 0.2) is 0 Å². The summed E-state index contributed by atoms with van der Waals surface area (Å²) in [6, 6.07) is 1.50. The van der Waals surface area contributed by atoms with Gasteiger partial charge in [-0.15, -0.1) is 13.2 Å². The minimum Gasteiger partial charge on any atom is -0.481 e. The van der Waals surface area contributed by atoms with Crippen LogP contribution in [0.3, 0.4) is 0 Å². The Bertz CT molecular complexity index is 467. The Labute approximate surface area is 122 Å². The summed E-state index contributed by atoms with van der Waals surface area (Å²) in [4.78, 5) is 14.2. The molecule has 0 aliphatic heterocycles. The molecule has 0 saturated carbocycles. The van der Waals surface area contributed by atoms with Gasteiger partial charge in [-0.3, -0.25) is 4.79 Å². The highest BCUT2D eigenvalue weighted by Gasteiger charge is 2.33. The van der Waals surface area contributed by atoms with Crippen LogP contribution in [-0.2, 0) is 16.5 Å². The molecule has 9 heteroatoms. The first kappa shape index (κ1) is 15.5. The van der Waals surface area contributed by atoms with Crippen LogP contribution in [0.5, 0.6) is 5.88 Å². The second kappa shape index (κ2) is 6.04. The first-order chi connectivity index (χ1) is 8.23. The molecule has 0 unspecified atom stereocenters. The first-order valence-corrected chi connectivity index (χ1v) is 6.64. The lowest BCUT2D eigenvalue weighted by atomic mass is 10.1. The van der Waals surface area contributed by atoms with Gasteiger partial charge in [0.1, 0.15) is 3.70 Å². The highest BCUT2D eigenvalue weighted by molar-refractivity contribution is 14.1. The molecule has 0 saturated heterocycles. The molecule has 4 nitrogen and oxygen atoms in total. The third-order valence-corrected chi connectivity index (χ3v) is 2.99. The number of aromatic nitrogens is 1. The Balaban J connectivity index is 3.27. The zero-order valence-corrected chi connectivity index (χ0v) is 12.3. The molecule has 0 fully saturated rings. The SMILES string of the molecule is O=C(O)Cc1c(CBr)cc(I)nc1OC(F)(F)F. The van der Waals surface area contributed by atoms with Crippen molar-refractivity contribution in [3.8, 4) is 5.88 Å². The maximum absolute atomic E-state index is 12.2. The van der Waals surface area contributed by atoms with Crippen LogP contribution in [0.25, 0.3) is 0 Å². The van der Waals surface area contributed by atoms with Gasteiger partial charge >= 0.3 is 12.3 Å². The van der Waals surface area contributed by atoms with Crippen molar-refractivity contribution in [1.29, 1.82) is 0 Å². The van der Waals surface area contributed by atoms with E-state index in [1.165, 1.54) is 6.07 Å². The monoisotopic (exact) mass is 439 g/mol. The third-order valence-electron chi connectivity index (χ3n) is 1.83. The van der Waals surface area contributed by atoms with Gasteiger partial charge in [-0.05, 0) is 34.2 Å². The number of hydrogen-bond donors (Lipinski definition) is 1. The zero-order chi connectivity index (χ0) is 13.9. The average Bonchev–Trinajstić information content (AvgIpc) is 2.18. The second-order valence-electron chi connectivity index (χ2n) is 3.14. The molecule has 1 aromatic rings. The molecule has 0 spiro atoms. The lowest BCUT2D eigenvalue weighted by molar-refractivity contribution is -0.276. The van der Waals surface area contributed by atoms with E-state index < -0.39 is 24.6 Å². The van der Waals surface area contributed by atoms with Crippen molar-refractivity contribution in [3.05, 3.63) is 20.9 Å². The molecule has 100 valence electrons. The maximum atomic E-state index is 12.2. The average molecular weight is 440 g/mol. The molecule has 0 bridgehead atoms. The van der Waals surface area contributed by atoms with Crippen LogP contribution in [0, 0.1) is 3.70 Å². The van der Waals surface area contributed by atoms with E-state index in [9.17, 15) is 18.0 Å². The van der Waals surface area contributed by atoms with E-state index in [1.807, 2.05) is 0 Å². The molecule has 0 aliphatic carbocycles. The lowest BCUT2D eigenvalue weighted by Gasteiger charge is -2.14. The molecule has 0 aromatic carbocycles. The number of carbonyl (C=O) groups is 1. The van der Waals surface area contributed by atoms with Gasteiger partial charge in [-0.2, -0.15) is 0 Å². The molecule has 1 heterocycles. The van der Waals surface area contributed by atoms with Gasteiger partial charge in [0.05, 0.1) is 6.42 Å². The highest BCUT2D eigenvalue weighted by atomic mass is 127. The molecule has 0 amide bonds. The fourth-order valence-electron chi connectivity index (χ4n) is 1.22. The molecule has 1 N–H and O–H groups in total. The van der Waals surface area contributed by atoms with Gasteiger partial charge in [-0.25, -0.2) is 4.98 Å². The van der Waals surface area contributed by atoms with Crippen LogP contribution >= 0.6 is 38.5 Å². The number of alkyl halides is 4. The van der Waals surface area contributed by atoms with Crippen LogP contribution < -0.4 is 4.74 Å². The molecule has 0 radical (unpaired) electrons. The summed E-state index contributed by atoms with van der Waals surface area (Å²) in [5, 5.41) is 8.91. The number of carboxylic acids is 1. The van der Waals surface area contributed by atoms with Crippen molar-refractivity contribution in [2.24, 2.45) is 0 Å². The van der Waals surface area contributed by atoms with Crippen molar-refractivity contribution in [3.63, 3.8) is 0 Å². The zero-order valence-electron chi connectivity index (χ0n) is 8.59. The molecule has 0 aliphatic rings. The van der Waals surface area contributed by atoms with Crippen LogP contribution in [0.4, 0.5) is 13.2 Å². The minimum atomic E-state index is -4.91. The van der Waals surface area contributed by atoms with E-state index in [0.29, 0.717) is 5.56 Å². The normalized spacial score (nSPS) is 11.4. The number of nitrogens with zero attached hydrogens (tertiary/aromatic N) is 1. The second-order valence-corrected chi connectivity index (χ2v) is 4.81. The van der Waals surface area contributed by atoms with E-state index in [1.54, 1.807) is 22.6 Å². The maximum Gasteiger partial charge on any atom is 0.574 e. The number of halogens is 5. The van der Waals surface area contributed by atoms with Gasteiger partial charge in [0.25, 0.3) is 0 Å². The topological polar surface area (TPSA) is 59.4 Å². The molecule has 1 aromatic heterocycles. The van der Waals surface area contributed by atoms with Crippen molar-refractivity contribution in [2.45, 2.75) is 18.1 Å². The molecular formula is C9H6BrF3INO3. The van der Waals surface area contributed by atoms with E-state index in [4.69, 9.17) is 5.11 Å². The standard InChI is InChI=1S/C9H6BrF3INO3/c10-3-4-1-6(14)15-8(18-9(11,12)13)5(4)2-7(16)17/h1H,2-3H2,(H,16,17). The van der Waals surface area contributed by atoms with Crippen LogP contribution in [0.2, 0.25) is 0 Å². The smallest absolute Gasteiger partial charge is 0.481 e. The summed E-state index contributed by atoms with van der Waals surface area (Å²) in [5.41, 5.74) is 0.313. The molecule has 0 atom stereocenters. The Kier molecular flexibility index (Phi) is 5.20. The van der Waals surface area contributed by atoms with Crippen LogP contribution in [-0.4, -0.2) is 22.4 Å². The minimum absolute atomic E-state index is 0.0860. The highest BCUT2D eigenvalue weighted by Crippen LogP contribution is 2.29. The number of aliphatic carboxylic acids is 1. The predicted octanol–water partition coefficient (Wildman–Crippen LogP) is 3.11. The summed E-state index contributed by atoms with van der Waals surface area (Å²) in [6.07, 6.45) is -5.50. The van der Waals surface area contributed by atoms with E-state index in [0.717, 1.165) is 0 Å². The Morgan fingerprint density at radius 2 is 2.17 bits per heavy atom. The van der Waals surface area contributed by atoms with Crippen molar-refractivity contribution in [1.82, 2.24) is 4.98 Å². The first-order valence-electron chi connectivity index (χ1n) is 4.44. The van der Waals surface area contributed by atoms with Crippen LogP contribution in [0.15, 0.2) is 6.07 Å². The summed E-state index contributed by atoms with van der Waals surface area (Å²) in [6.45, 7) is 0. The van der Waals surface area contributed by atoms with Gasteiger partial charge in [0.2, 0.25) is 5.88 Å². The predicted molar refractivity (Wildman–Crippen MR) is 67.6 cm³/mol. The summed E-state index contributed by atoms with van der Waals surface area (Å²) in [7, 11) is 0. The van der Waals surface area contributed by atoms with Gasteiger partial charge in [-0.1, -0.05) is 15.9 Å². The fourth-order valence-corrected chi connectivity index (χ4v) is 2.31. The van der Waals surface area contributed by atoms with E-state index in [-0.39, 0.29) is 14.6 Å². The molecule has 18 heavy (non-hydrogen) atoms. The molecular weight excluding hydrogens is 434 g/mol. The number of hydrogen-bond acceptors (Lipinski definition) is 3.